The summed E-state index contributed by atoms with van der Waals surface area (Å²) in [5, 5.41) is 0. The minimum absolute atomic E-state index is 0.142. The van der Waals surface area contributed by atoms with Crippen LogP contribution in [0.2, 0.25) is 0 Å². The number of hydrogen-bond acceptors (Lipinski definition) is 1. The van der Waals surface area contributed by atoms with Crippen LogP contribution in [0.25, 0.3) is 0 Å². The SMILES string of the molecule is CC[C@H](C)c1cc(OC(F)(F)F)ccc1F. The second-order valence-electron chi connectivity index (χ2n) is 3.54. The molecule has 0 radical (unpaired) electrons. The Balaban J connectivity index is 2.98. The molecule has 90 valence electrons. The van der Waals surface area contributed by atoms with Crippen LogP contribution < -0.4 is 4.74 Å². The van der Waals surface area contributed by atoms with Crippen LogP contribution in [-0.4, -0.2) is 6.36 Å². The second kappa shape index (κ2) is 4.72. The van der Waals surface area contributed by atoms with Gasteiger partial charge in [0.05, 0.1) is 0 Å². The van der Waals surface area contributed by atoms with Crippen LogP contribution in [0, 0.1) is 5.82 Å². The molecule has 0 spiro atoms. The van der Waals surface area contributed by atoms with Crippen molar-refractivity contribution in [1.82, 2.24) is 0 Å². The molecule has 0 fully saturated rings. The highest BCUT2D eigenvalue weighted by molar-refractivity contribution is 5.32. The van der Waals surface area contributed by atoms with Gasteiger partial charge in [0.25, 0.3) is 0 Å². The molecule has 5 heteroatoms. The molecule has 0 bridgehead atoms. The van der Waals surface area contributed by atoms with Crippen LogP contribution in [0.15, 0.2) is 18.2 Å². The van der Waals surface area contributed by atoms with Crippen molar-refractivity contribution in [2.24, 2.45) is 0 Å². The molecule has 0 aliphatic heterocycles. The van der Waals surface area contributed by atoms with E-state index in [9.17, 15) is 17.6 Å². The zero-order valence-corrected chi connectivity index (χ0v) is 8.94. The zero-order chi connectivity index (χ0) is 12.3. The fourth-order valence-corrected chi connectivity index (χ4v) is 1.32. The Morgan fingerprint density at radius 2 is 1.94 bits per heavy atom. The van der Waals surface area contributed by atoms with Crippen LogP contribution >= 0.6 is 0 Å². The fourth-order valence-electron chi connectivity index (χ4n) is 1.32. The monoisotopic (exact) mass is 236 g/mol. The average molecular weight is 236 g/mol. The van der Waals surface area contributed by atoms with Gasteiger partial charge in [0.15, 0.2) is 0 Å². The molecule has 0 saturated carbocycles. The maximum atomic E-state index is 13.3. The van der Waals surface area contributed by atoms with Crippen molar-refractivity contribution in [3.63, 3.8) is 0 Å². The van der Waals surface area contributed by atoms with E-state index in [1.54, 1.807) is 6.92 Å². The number of ether oxygens (including phenoxy) is 1. The van der Waals surface area contributed by atoms with Gasteiger partial charge in [-0.05, 0) is 36.1 Å². The third-order valence-corrected chi connectivity index (χ3v) is 2.34. The van der Waals surface area contributed by atoms with Gasteiger partial charge in [-0.1, -0.05) is 13.8 Å². The predicted octanol–water partition coefficient (Wildman–Crippen LogP) is 4.24. The summed E-state index contributed by atoms with van der Waals surface area (Å²) in [6, 6.07) is 3.05. The lowest BCUT2D eigenvalue weighted by Gasteiger charge is -2.13. The normalized spacial score (nSPS) is 13.6. The third kappa shape index (κ3) is 3.40. The van der Waals surface area contributed by atoms with Crippen LogP contribution in [0.5, 0.6) is 5.75 Å². The average Bonchev–Trinajstić information content (AvgIpc) is 2.18. The fraction of sp³-hybridized carbons (Fsp3) is 0.455. The lowest BCUT2D eigenvalue weighted by Crippen LogP contribution is -2.17. The molecule has 1 aromatic carbocycles. The van der Waals surface area contributed by atoms with E-state index < -0.39 is 12.2 Å². The molecule has 1 atom stereocenters. The Kier molecular flexibility index (Phi) is 3.78. The Morgan fingerprint density at radius 1 is 1.31 bits per heavy atom. The van der Waals surface area contributed by atoms with Gasteiger partial charge in [0.2, 0.25) is 0 Å². The highest BCUT2D eigenvalue weighted by atomic mass is 19.4. The Bertz CT molecular complexity index is 359. The van der Waals surface area contributed by atoms with Gasteiger partial charge in [0.1, 0.15) is 11.6 Å². The smallest absolute Gasteiger partial charge is 0.406 e. The van der Waals surface area contributed by atoms with Gasteiger partial charge in [-0.15, -0.1) is 13.2 Å². The number of alkyl halides is 3. The predicted molar refractivity (Wildman–Crippen MR) is 51.8 cm³/mol. The third-order valence-electron chi connectivity index (χ3n) is 2.34. The van der Waals surface area contributed by atoms with Gasteiger partial charge in [-0.2, -0.15) is 0 Å². The number of benzene rings is 1. The molecule has 0 amide bonds. The Labute approximate surface area is 91.0 Å². The van der Waals surface area contributed by atoms with E-state index in [1.165, 1.54) is 0 Å². The Morgan fingerprint density at radius 3 is 2.44 bits per heavy atom. The highest BCUT2D eigenvalue weighted by Gasteiger charge is 2.31. The van der Waals surface area contributed by atoms with E-state index in [4.69, 9.17) is 0 Å². The molecule has 1 rings (SSSR count). The maximum Gasteiger partial charge on any atom is 0.573 e. The summed E-state index contributed by atoms with van der Waals surface area (Å²) in [5.41, 5.74) is 0.240. The van der Waals surface area contributed by atoms with Gasteiger partial charge >= 0.3 is 6.36 Å². The maximum absolute atomic E-state index is 13.3. The van der Waals surface area contributed by atoms with E-state index >= 15 is 0 Å². The van der Waals surface area contributed by atoms with Gasteiger partial charge in [-0.25, -0.2) is 4.39 Å². The standard InChI is InChI=1S/C11H12F4O/c1-3-7(2)9-6-8(4-5-10(9)12)16-11(13,14)15/h4-7H,3H2,1-2H3/t7-/m0/s1. The Hall–Kier alpha value is -1.26. The number of hydrogen-bond donors (Lipinski definition) is 0. The summed E-state index contributed by atoms with van der Waals surface area (Å²) in [7, 11) is 0. The molecule has 0 unspecified atom stereocenters. The topological polar surface area (TPSA) is 9.23 Å². The lowest BCUT2D eigenvalue weighted by molar-refractivity contribution is -0.274. The first-order chi connectivity index (χ1) is 7.33. The molecule has 1 aromatic rings. The first kappa shape index (κ1) is 12.8. The molecule has 16 heavy (non-hydrogen) atoms. The van der Waals surface area contributed by atoms with E-state index in [1.807, 2.05) is 6.92 Å². The van der Waals surface area contributed by atoms with Gasteiger partial charge in [0, 0.05) is 0 Å². The molecule has 0 N–H and O–H groups in total. The molecular weight excluding hydrogens is 224 g/mol. The van der Waals surface area contributed by atoms with Gasteiger partial charge < -0.3 is 4.74 Å². The van der Waals surface area contributed by atoms with E-state index in [0.717, 1.165) is 18.2 Å². The minimum atomic E-state index is -4.75. The lowest BCUT2D eigenvalue weighted by atomic mass is 9.98. The van der Waals surface area contributed by atoms with E-state index in [2.05, 4.69) is 4.74 Å². The van der Waals surface area contributed by atoms with Crippen molar-refractivity contribution in [3.8, 4) is 5.75 Å². The molecule has 0 saturated heterocycles. The van der Waals surface area contributed by atoms with Crippen LogP contribution in [0.4, 0.5) is 17.6 Å². The van der Waals surface area contributed by atoms with Crippen molar-refractivity contribution in [3.05, 3.63) is 29.6 Å². The summed E-state index contributed by atoms with van der Waals surface area (Å²) >= 11 is 0. The van der Waals surface area contributed by atoms with Crippen molar-refractivity contribution >= 4 is 0 Å². The first-order valence-electron chi connectivity index (χ1n) is 4.88. The van der Waals surface area contributed by atoms with Crippen molar-refractivity contribution in [2.75, 3.05) is 0 Å². The molecule has 0 aliphatic rings. The molecule has 0 aromatic heterocycles. The summed E-state index contributed by atoms with van der Waals surface area (Å²) in [5.74, 6) is -1.04. The van der Waals surface area contributed by atoms with Crippen molar-refractivity contribution in [2.45, 2.75) is 32.5 Å². The van der Waals surface area contributed by atoms with Crippen molar-refractivity contribution < 1.29 is 22.3 Å². The molecule has 1 nitrogen and oxygen atoms in total. The first-order valence-corrected chi connectivity index (χ1v) is 4.88. The zero-order valence-electron chi connectivity index (χ0n) is 8.94. The largest absolute Gasteiger partial charge is 0.573 e. The molecular formula is C11H12F4O. The second-order valence-corrected chi connectivity index (χ2v) is 3.54. The summed E-state index contributed by atoms with van der Waals surface area (Å²) < 4.78 is 52.9. The van der Waals surface area contributed by atoms with Crippen LogP contribution in [-0.2, 0) is 0 Å². The summed E-state index contributed by atoms with van der Waals surface area (Å²) in [4.78, 5) is 0. The van der Waals surface area contributed by atoms with Crippen LogP contribution in [0.1, 0.15) is 31.7 Å². The molecule has 0 aliphatic carbocycles. The van der Waals surface area contributed by atoms with Crippen LogP contribution in [0.3, 0.4) is 0 Å². The number of rotatable bonds is 3. The van der Waals surface area contributed by atoms with Gasteiger partial charge in [-0.3, -0.25) is 0 Å². The number of halogens is 4. The van der Waals surface area contributed by atoms with E-state index in [-0.39, 0.29) is 17.2 Å². The highest BCUT2D eigenvalue weighted by Crippen LogP contribution is 2.29. The summed E-state index contributed by atoms with van der Waals surface area (Å²) in [6.45, 7) is 3.58. The van der Waals surface area contributed by atoms with E-state index in [0.29, 0.717) is 6.42 Å². The minimum Gasteiger partial charge on any atom is -0.406 e. The van der Waals surface area contributed by atoms with Crippen molar-refractivity contribution in [1.29, 1.82) is 0 Å². The quantitative estimate of drug-likeness (QED) is 0.713. The molecule has 0 heterocycles. The summed E-state index contributed by atoms with van der Waals surface area (Å²) in [6.07, 6.45) is -4.10.